The molecular formula is C18H10. The molecule has 0 heteroatoms. The predicted octanol–water partition coefficient (Wildman–Crippen LogP) is 4.46. The predicted molar refractivity (Wildman–Crippen MR) is 78.3 cm³/mol. The summed E-state index contributed by atoms with van der Waals surface area (Å²) in [7, 11) is 0. The van der Waals surface area contributed by atoms with Crippen LogP contribution in [0.25, 0.3) is 33.7 Å². The second-order valence-corrected chi connectivity index (χ2v) is 4.58. The van der Waals surface area contributed by atoms with Gasteiger partial charge in [-0.1, -0.05) is 60.5 Å². The molecule has 82 valence electrons. The number of fused-ring (bicyclic) bond motifs is 2. The van der Waals surface area contributed by atoms with Gasteiger partial charge in [0, 0.05) is 5.56 Å². The van der Waals surface area contributed by atoms with Gasteiger partial charge in [-0.2, -0.15) is 0 Å². The second-order valence-electron chi connectivity index (χ2n) is 4.58. The second kappa shape index (κ2) is 3.24. The Morgan fingerprint density at radius 2 is 1.56 bits per heavy atom. The van der Waals surface area contributed by atoms with Crippen molar-refractivity contribution in [3.05, 3.63) is 59.2 Å². The molecule has 0 spiro atoms. The van der Waals surface area contributed by atoms with Gasteiger partial charge in [-0.15, -0.1) is 6.42 Å². The van der Waals surface area contributed by atoms with E-state index in [2.05, 4.69) is 54.5 Å². The van der Waals surface area contributed by atoms with Crippen molar-refractivity contribution >= 4 is 33.7 Å². The fourth-order valence-corrected chi connectivity index (χ4v) is 2.94. The Kier molecular flexibility index (Phi) is 1.71. The SMILES string of the molecule is C#Cc1c2ccccc2c2c3c(cccc13)C=C2. The van der Waals surface area contributed by atoms with Crippen molar-refractivity contribution in [1.82, 2.24) is 0 Å². The van der Waals surface area contributed by atoms with Crippen LogP contribution in [0.15, 0.2) is 42.5 Å². The summed E-state index contributed by atoms with van der Waals surface area (Å²) >= 11 is 0. The molecule has 0 heterocycles. The van der Waals surface area contributed by atoms with E-state index in [1.54, 1.807) is 0 Å². The molecule has 0 aromatic heterocycles. The van der Waals surface area contributed by atoms with Crippen molar-refractivity contribution < 1.29 is 0 Å². The minimum absolute atomic E-state index is 1.01. The Morgan fingerprint density at radius 3 is 2.39 bits per heavy atom. The first-order valence-electron chi connectivity index (χ1n) is 6.02. The summed E-state index contributed by atoms with van der Waals surface area (Å²) < 4.78 is 0. The molecule has 0 N–H and O–H groups in total. The van der Waals surface area contributed by atoms with E-state index in [0.717, 1.165) is 5.56 Å². The third kappa shape index (κ3) is 1.02. The lowest BCUT2D eigenvalue weighted by Crippen LogP contribution is -1.88. The third-order valence-electron chi connectivity index (χ3n) is 3.70. The lowest BCUT2D eigenvalue weighted by atomic mass is 9.92. The highest BCUT2D eigenvalue weighted by atomic mass is 14.2. The van der Waals surface area contributed by atoms with Crippen molar-refractivity contribution in [3.8, 4) is 12.3 Å². The Balaban J connectivity index is 2.43. The largest absolute Gasteiger partial charge is 0.115 e. The molecule has 0 saturated heterocycles. The Morgan fingerprint density at radius 1 is 0.778 bits per heavy atom. The summed E-state index contributed by atoms with van der Waals surface area (Å²) in [5, 5.41) is 4.91. The van der Waals surface area contributed by atoms with E-state index >= 15 is 0 Å². The molecule has 0 nitrogen and oxygen atoms in total. The molecule has 1 aliphatic carbocycles. The minimum Gasteiger partial charge on any atom is -0.115 e. The highest BCUT2D eigenvalue weighted by Gasteiger charge is 2.15. The normalized spacial score (nSPS) is 12.2. The van der Waals surface area contributed by atoms with Gasteiger partial charge in [0.15, 0.2) is 0 Å². The first kappa shape index (κ1) is 9.50. The van der Waals surface area contributed by atoms with Crippen LogP contribution < -0.4 is 0 Å². The Labute approximate surface area is 106 Å². The highest BCUT2D eigenvalue weighted by Crippen LogP contribution is 2.39. The molecule has 0 radical (unpaired) electrons. The number of hydrogen-bond donors (Lipinski definition) is 0. The lowest BCUT2D eigenvalue weighted by Gasteiger charge is -2.10. The van der Waals surface area contributed by atoms with E-state index in [1.165, 1.54) is 32.7 Å². The van der Waals surface area contributed by atoms with Crippen LogP contribution in [0.4, 0.5) is 0 Å². The number of terminal acetylenes is 1. The molecular weight excluding hydrogens is 216 g/mol. The summed E-state index contributed by atoms with van der Waals surface area (Å²) in [6.07, 6.45) is 10.1. The average molecular weight is 226 g/mol. The van der Waals surface area contributed by atoms with Crippen molar-refractivity contribution in [2.45, 2.75) is 0 Å². The zero-order valence-corrected chi connectivity index (χ0v) is 9.77. The molecule has 0 unspecified atom stereocenters. The molecule has 0 atom stereocenters. The van der Waals surface area contributed by atoms with Crippen LogP contribution in [0.5, 0.6) is 0 Å². The summed E-state index contributed by atoms with van der Waals surface area (Å²) in [5.41, 5.74) is 3.58. The third-order valence-corrected chi connectivity index (χ3v) is 3.70. The maximum Gasteiger partial charge on any atom is 0.0400 e. The lowest BCUT2D eigenvalue weighted by molar-refractivity contribution is 1.72. The molecule has 18 heavy (non-hydrogen) atoms. The Hall–Kier alpha value is -2.52. The van der Waals surface area contributed by atoms with Crippen LogP contribution in [-0.4, -0.2) is 0 Å². The van der Waals surface area contributed by atoms with Crippen molar-refractivity contribution in [1.29, 1.82) is 0 Å². The van der Waals surface area contributed by atoms with Gasteiger partial charge in [0.05, 0.1) is 0 Å². The van der Waals surface area contributed by atoms with Gasteiger partial charge in [0.25, 0.3) is 0 Å². The van der Waals surface area contributed by atoms with E-state index in [0.29, 0.717) is 0 Å². The zero-order chi connectivity index (χ0) is 12.1. The maximum atomic E-state index is 5.73. The maximum absolute atomic E-state index is 5.73. The Bertz CT molecular complexity index is 874. The fourth-order valence-electron chi connectivity index (χ4n) is 2.94. The number of rotatable bonds is 0. The van der Waals surface area contributed by atoms with Crippen LogP contribution in [0.3, 0.4) is 0 Å². The summed E-state index contributed by atoms with van der Waals surface area (Å²) in [4.78, 5) is 0. The molecule has 3 aromatic rings. The molecule has 1 aliphatic rings. The highest BCUT2D eigenvalue weighted by molar-refractivity contribution is 6.17. The molecule has 4 rings (SSSR count). The van der Waals surface area contributed by atoms with E-state index in [1.807, 2.05) is 6.07 Å². The van der Waals surface area contributed by atoms with Crippen molar-refractivity contribution in [2.75, 3.05) is 0 Å². The molecule has 3 aromatic carbocycles. The van der Waals surface area contributed by atoms with E-state index in [9.17, 15) is 0 Å². The molecule has 0 amide bonds. The number of hydrogen-bond acceptors (Lipinski definition) is 0. The fraction of sp³-hybridized carbons (Fsp3) is 0. The molecule has 0 fully saturated rings. The van der Waals surface area contributed by atoms with Crippen molar-refractivity contribution in [2.24, 2.45) is 0 Å². The van der Waals surface area contributed by atoms with Crippen LogP contribution in [0, 0.1) is 12.3 Å². The molecule has 0 bridgehead atoms. The van der Waals surface area contributed by atoms with Gasteiger partial charge in [0.1, 0.15) is 0 Å². The van der Waals surface area contributed by atoms with Crippen LogP contribution in [0.2, 0.25) is 0 Å². The smallest absolute Gasteiger partial charge is 0.0400 e. The van der Waals surface area contributed by atoms with Gasteiger partial charge in [-0.25, -0.2) is 0 Å². The van der Waals surface area contributed by atoms with Crippen molar-refractivity contribution in [3.63, 3.8) is 0 Å². The van der Waals surface area contributed by atoms with Gasteiger partial charge in [0.2, 0.25) is 0 Å². The average Bonchev–Trinajstić information content (AvgIpc) is 2.85. The van der Waals surface area contributed by atoms with Crippen LogP contribution in [0.1, 0.15) is 16.7 Å². The van der Waals surface area contributed by atoms with Gasteiger partial charge < -0.3 is 0 Å². The van der Waals surface area contributed by atoms with Gasteiger partial charge in [-0.05, 0) is 32.7 Å². The monoisotopic (exact) mass is 226 g/mol. The summed E-state index contributed by atoms with van der Waals surface area (Å²) in [6.45, 7) is 0. The van der Waals surface area contributed by atoms with Gasteiger partial charge >= 0.3 is 0 Å². The zero-order valence-electron chi connectivity index (χ0n) is 9.77. The molecule has 0 aliphatic heterocycles. The van der Waals surface area contributed by atoms with E-state index in [-0.39, 0.29) is 0 Å². The summed E-state index contributed by atoms with van der Waals surface area (Å²) in [5.74, 6) is 2.87. The van der Waals surface area contributed by atoms with Crippen LogP contribution >= 0.6 is 0 Å². The molecule has 0 saturated carbocycles. The first-order chi connectivity index (χ1) is 8.90. The van der Waals surface area contributed by atoms with Gasteiger partial charge in [-0.3, -0.25) is 0 Å². The quantitative estimate of drug-likeness (QED) is 0.307. The first-order valence-corrected chi connectivity index (χ1v) is 6.02. The minimum atomic E-state index is 1.01. The standard InChI is InChI=1S/C18H10/c1-2-13-14-7-3-4-8-15(14)17-11-10-12-6-5-9-16(13)18(12)17/h1,3-11H. The topological polar surface area (TPSA) is 0 Å². The van der Waals surface area contributed by atoms with E-state index < -0.39 is 0 Å². The summed E-state index contributed by atoms with van der Waals surface area (Å²) in [6, 6.07) is 14.7. The number of benzene rings is 3. The van der Waals surface area contributed by atoms with Crippen LogP contribution in [-0.2, 0) is 0 Å². The van der Waals surface area contributed by atoms with E-state index in [4.69, 9.17) is 6.42 Å².